The summed E-state index contributed by atoms with van der Waals surface area (Å²) in [6.07, 6.45) is 2.97. The van der Waals surface area contributed by atoms with Gasteiger partial charge in [0.1, 0.15) is 24.0 Å². The lowest BCUT2D eigenvalue weighted by molar-refractivity contribution is 0.0432. The molecule has 7 nitrogen and oxygen atoms in total. The maximum absolute atomic E-state index is 13.1. The normalized spacial score (nSPS) is 18.4. The monoisotopic (exact) mass is 428 g/mol. The van der Waals surface area contributed by atoms with E-state index < -0.39 is 17.8 Å². The fourth-order valence-corrected chi connectivity index (χ4v) is 3.76. The van der Waals surface area contributed by atoms with Crippen molar-refractivity contribution in [3.05, 3.63) is 64.1 Å². The predicted molar refractivity (Wildman–Crippen MR) is 119 cm³/mol. The van der Waals surface area contributed by atoms with Gasteiger partial charge in [-0.1, -0.05) is 50.1 Å². The fourth-order valence-electron chi connectivity index (χ4n) is 3.76. The van der Waals surface area contributed by atoms with Crippen LogP contribution in [-0.2, 0) is 11.3 Å². The van der Waals surface area contributed by atoms with Crippen molar-refractivity contribution in [2.75, 3.05) is 5.01 Å². The number of unbranched alkanes of at least 4 members (excludes halogenated alkanes) is 1. The number of aromatic nitrogens is 1. The van der Waals surface area contributed by atoms with Gasteiger partial charge in [0.2, 0.25) is 5.43 Å². The van der Waals surface area contributed by atoms with E-state index in [9.17, 15) is 14.7 Å². The van der Waals surface area contributed by atoms with Crippen LogP contribution in [0.4, 0.5) is 4.79 Å². The highest BCUT2D eigenvalue weighted by molar-refractivity contribution is 5.80. The molecule has 1 N–H and O–H groups in total. The Morgan fingerprint density at radius 3 is 2.55 bits per heavy atom. The van der Waals surface area contributed by atoms with Gasteiger partial charge in [0, 0.05) is 18.7 Å². The Kier molecular flexibility index (Phi) is 7.05. The Balaban J connectivity index is 2.00. The number of aliphatic hydroxyl groups excluding tert-OH is 1. The molecule has 3 rings (SSSR count). The van der Waals surface area contributed by atoms with Crippen LogP contribution in [0, 0.1) is 0 Å². The molecule has 31 heavy (non-hydrogen) atoms. The lowest BCUT2D eigenvalue weighted by atomic mass is 9.97. The number of hydrogen-bond acceptors (Lipinski definition) is 5. The number of pyridine rings is 1. The summed E-state index contributed by atoms with van der Waals surface area (Å²) in [4.78, 5) is 25.7. The standard InChI is InChI=1S/C24H32N2O5/c1-5-6-12-18-15-20(28)21-22(30-16-17-10-8-7-9-11-17)19(27)13-14-25(21)26(18)23(29)31-24(2,3)4/h7-11,13-14,18,20,28H,5-6,12,15-16H2,1-4H3/t18-,20?/m0/s1. The van der Waals surface area contributed by atoms with E-state index in [2.05, 4.69) is 6.92 Å². The van der Waals surface area contributed by atoms with Crippen LogP contribution >= 0.6 is 0 Å². The average molecular weight is 429 g/mol. The van der Waals surface area contributed by atoms with Crippen molar-refractivity contribution >= 4 is 6.09 Å². The van der Waals surface area contributed by atoms with Crippen LogP contribution in [0.15, 0.2) is 47.4 Å². The van der Waals surface area contributed by atoms with Crippen LogP contribution in [0.1, 0.15) is 70.7 Å². The molecule has 1 aromatic heterocycles. The predicted octanol–water partition coefficient (Wildman–Crippen LogP) is 4.30. The number of carbonyl (C=O) groups is 1. The van der Waals surface area contributed by atoms with Crippen LogP contribution in [-0.4, -0.2) is 27.5 Å². The van der Waals surface area contributed by atoms with E-state index in [4.69, 9.17) is 9.47 Å². The van der Waals surface area contributed by atoms with Gasteiger partial charge in [0.15, 0.2) is 5.75 Å². The molecule has 1 unspecified atom stereocenters. The van der Waals surface area contributed by atoms with Gasteiger partial charge in [0.25, 0.3) is 0 Å². The Morgan fingerprint density at radius 1 is 1.19 bits per heavy atom. The summed E-state index contributed by atoms with van der Waals surface area (Å²) < 4.78 is 13.0. The first kappa shape index (κ1) is 22.9. The Labute approximate surface area is 183 Å². The number of hydrogen-bond donors (Lipinski definition) is 1. The molecule has 1 aromatic carbocycles. The highest BCUT2D eigenvalue weighted by Gasteiger charge is 2.39. The van der Waals surface area contributed by atoms with Gasteiger partial charge in [-0.3, -0.25) is 9.47 Å². The maximum atomic E-state index is 13.1. The molecule has 0 saturated carbocycles. The minimum Gasteiger partial charge on any atom is -0.483 e. The maximum Gasteiger partial charge on any atom is 0.429 e. The minimum absolute atomic E-state index is 0.0568. The Bertz CT molecular complexity index is 949. The Hall–Kier alpha value is -2.80. The summed E-state index contributed by atoms with van der Waals surface area (Å²) in [5.41, 5.74) is 0.174. The average Bonchev–Trinajstić information content (AvgIpc) is 2.71. The molecule has 2 aromatic rings. The first-order valence-corrected chi connectivity index (χ1v) is 10.8. The molecule has 0 bridgehead atoms. The fraction of sp³-hybridized carbons (Fsp3) is 0.500. The van der Waals surface area contributed by atoms with Crippen LogP contribution in [0.3, 0.4) is 0 Å². The number of fused-ring (bicyclic) bond motifs is 1. The molecule has 1 aliphatic rings. The van der Waals surface area contributed by atoms with Gasteiger partial charge in [-0.15, -0.1) is 0 Å². The first-order valence-electron chi connectivity index (χ1n) is 10.8. The number of amides is 1. The van der Waals surface area contributed by atoms with Crippen molar-refractivity contribution in [3.8, 4) is 5.75 Å². The largest absolute Gasteiger partial charge is 0.483 e. The van der Waals surface area contributed by atoms with Crippen molar-refractivity contribution in [1.82, 2.24) is 4.68 Å². The second kappa shape index (κ2) is 9.56. The number of benzene rings is 1. The molecule has 0 saturated heterocycles. The smallest absolute Gasteiger partial charge is 0.429 e. The van der Waals surface area contributed by atoms with Crippen molar-refractivity contribution in [2.45, 2.75) is 77.7 Å². The highest BCUT2D eigenvalue weighted by Crippen LogP contribution is 2.34. The van der Waals surface area contributed by atoms with Crippen LogP contribution in [0.5, 0.6) is 5.75 Å². The summed E-state index contributed by atoms with van der Waals surface area (Å²) in [7, 11) is 0. The third kappa shape index (κ3) is 5.47. The Morgan fingerprint density at radius 2 is 1.90 bits per heavy atom. The van der Waals surface area contributed by atoms with Crippen LogP contribution < -0.4 is 15.2 Å². The summed E-state index contributed by atoms with van der Waals surface area (Å²) in [6.45, 7) is 7.70. The van der Waals surface area contributed by atoms with E-state index in [0.717, 1.165) is 24.8 Å². The molecule has 7 heteroatoms. The van der Waals surface area contributed by atoms with Crippen LogP contribution in [0.2, 0.25) is 0 Å². The third-order valence-electron chi connectivity index (χ3n) is 5.16. The first-order chi connectivity index (χ1) is 14.7. The molecule has 1 amide bonds. The van der Waals surface area contributed by atoms with Gasteiger partial charge in [-0.25, -0.2) is 9.80 Å². The second-order valence-electron chi connectivity index (χ2n) is 8.89. The third-order valence-corrected chi connectivity index (χ3v) is 5.16. The SMILES string of the molecule is CCCC[C@H]1CC(O)c2c(OCc3ccccc3)c(=O)ccn2N1C(=O)OC(C)(C)C. The van der Waals surface area contributed by atoms with Crippen molar-refractivity contribution in [3.63, 3.8) is 0 Å². The van der Waals surface area contributed by atoms with E-state index in [0.29, 0.717) is 6.42 Å². The van der Waals surface area contributed by atoms with Gasteiger partial charge in [0.05, 0.1) is 6.04 Å². The number of nitrogens with zero attached hydrogens (tertiary/aromatic N) is 2. The zero-order chi connectivity index (χ0) is 22.6. The van der Waals surface area contributed by atoms with Gasteiger partial charge >= 0.3 is 6.09 Å². The molecule has 2 heterocycles. The van der Waals surface area contributed by atoms with E-state index in [1.54, 1.807) is 0 Å². The molecule has 0 radical (unpaired) electrons. The highest BCUT2D eigenvalue weighted by atomic mass is 16.6. The lowest BCUT2D eigenvalue weighted by Gasteiger charge is -2.41. The molecule has 1 aliphatic heterocycles. The quantitative estimate of drug-likeness (QED) is 0.742. The van der Waals surface area contributed by atoms with E-state index >= 15 is 0 Å². The summed E-state index contributed by atoms with van der Waals surface area (Å²) in [5.74, 6) is 0.0568. The molecular formula is C24H32N2O5. The van der Waals surface area contributed by atoms with Gasteiger partial charge in [-0.2, -0.15) is 0 Å². The molecule has 2 atom stereocenters. The molecule has 0 aliphatic carbocycles. The van der Waals surface area contributed by atoms with E-state index in [-0.39, 0.29) is 29.5 Å². The molecular weight excluding hydrogens is 396 g/mol. The number of carbonyl (C=O) groups excluding carboxylic acids is 1. The summed E-state index contributed by atoms with van der Waals surface area (Å²) in [5, 5.41) is 12.5. The number of ether oxygens (including phenoxy) is 2. The van der Waals surface area contributed by atoms with E-state index in [1.165, 1.54) is 21.9 Å². The molecule has 0 spiro atoms. The second-order valence-corrected chi connectivity index (χ2v) is 8.89. The van der Waals surface area contributed by atoms with Crippen LogP contribution in [0.25, 0.3) is 0 Å². The topological polar surface area (TPSA) is 81.0 Å². The van der Waals surface area contributed by atoms with Gasteiger partial charge in [-0.05, 0) is 32.8 Å². The lowest BCUT2D eigenvalue weighted by Crippen LogP contribution is -2.54. The zero-order valence-electron chi connectivity index (χ0n) is 18.7. The summed E-state index contributed by atoms with van der Waals surface area (Å²) in [6, 6.07) is 10.6. The van der Waals surface area contributed by atoms with Crippen molar-refractivity contribution in [1.29, 1.82) is 0 Å². The van der Waals surface area contributed by atoms with Crippen molar-refractivity contribution < 1.29 is 19.4 Å². The number of rotatable bonds is 6. The van der Waals surface area contributed by atoms with Crippen molar-refractivity contribution in [2.24, 2.45) is 0 Å². The van der Waals surface area contributed by atoms with E-state index in [1.807, 2.05) is 51.1 Å². The minimum atomic E-state index is -0.930. The van der Waals surface area contributed by atoms with Gasteiger partial charge < -0.3 is 14.6 Å². The summed E-state index contributed by atoms with van der Waals surface area (Å²) >= 11 is 0. The number of aliphatic hydroxyl groups is 1. The molecule has 0 fully saturated rings. The zero-order valence-corrected chi connectivity index (χ0v) is 18.7. The molecule has 168 valence electrons.